The van der Waals surface area contributed by atoms with Gasteiger partial charge in [0.15, 0.2) is 5.78 Å². The Balaban J connectivity index is 1.12. The van der Waals surface area contributed by atoms with Gasteiger partial charge in [0, 0.05) is 35.1 Å². The molecule has 0 saturated carbocycles. The number of nitro benzene ring substituents is 1. The number of ketones is 1. The fourth-order valence-electron chi connectivity index (χ4n) is 7.62. The first-order valence-electron chi connectivity index (χ1n) is 16.0. The summed E-state index contributed by atoms with van der Waals surface area (Å²) in [6, 6.07) is 31.4. The number of imide groups is 1. The first-order chi connectivity index (χ1) is 24.6. The smallest absolute Gasteiger partial charge is 0.273 e. The average Bonchev–Trinajstić information content (AvgIpc) is 3.41. The van der Waals surface area contributed by atoms with Crippen molar-refractivity contribution in [2.24, 2.45) is 11.8 Å². The number of rotatable bonds is 8. The van der Waals surface area contributed by atoms with Gasteiger partial charge < -0.3 is 4.74 Å². The van der Waals surface area contributed by atoms with Crippen molar-refractivity contribution in [2.75, 3.05) is 6.54 Å². The van der Waals surface area contributed by atoms with Crippen LogP contribution in [0.25, 0.3) is 0 Å². The van der Waals surface area contributed by atoms with Gasteiger partial charge in [-0.3, -0.25) is 29.3 Å². The van der Waals surface area contributed by atoms with E-state index in [0.29, 0.717) is 11.5 Å². The number of hydrogen-bond acceptors (Lipinski definition) is 7. The lowest BCUT2D eigenvalue weighted by Gasteiger charge is -2.45. The van der Waals surface area contributed by atoms with Crippen LogP contribution in [-0.4, -0.2) is 45.0 Å². The third-order valence-electron chi connectivity index (χ3n) is 9.82. The fourth-order valence-corrected chi connectivity index (χ4v) is 7.92. The van der Waals surface area contributed by atoms with Crippen LogP contribution < -0.4 is 4.74 Å². The predicted molar refractivity (Wildman–Crippen MR) is 187 cm³/mol. The first-order valence-corrected chi connectivity index (χ1v) is 16.8. The van der Waals surface area contributed by atoms with Gasteiger partial charge in [-0.2, -0.15) is 5.01 Å². The van der Waals surface area contributed by atoms with Crippen LogP contribution in [0.1, 0.15) is 54.8 Å². The highest BCUT2D eigenvalue weighted by molar-refractivity contribution is 6.42. The maximum Gasteiger partial charge on any atom is 0.273 e. The van der Waals surface area contributed by atoms with E-state index in [1.807, 2.05) is 48.5 Å². The van der Waals surface area contributed by atoms with Crippen molar-refractivity contribution in [3.05, 3.63) is 169 Å². The van der Waals surface area contributed by atoms with Crippen LogP contribution >= 0.6 is 23.2 Å². The predicted octanol–water partition coefficient (Wildman–Crippen LogP) is 7.83. The van der Waals surface area contributed by atoms with E-state index in [-0.39, 0.29) is 26.9 Å². The summed E-state index contributed by atoms with van der Waals surface area (Å²) in [5.74, 6) is -4.10. The van der Waals surface area contributed by atoms with Crippen LogP contribution in [0.2, 0.25) is 10.0 Å². The molecule has 3 amide bonds. The number of carbonyl (C=O) groups excluding carboxylic acids is 4. The van der Waals surface area contributed by atoms with E-state index < -0.39 is 58.6 Å². The molecule has 2 atom stereocenters. The Labute approximate surface area is 300 Å². The number of Topliss-reactive ketones (excluding diaryl/α,β-unsaturated/α-hetero) is 1. The normalized spacial score (nSPS) is 19.6. The summed E-state index contributed by atoms with van der Waals surface area (Å²) >= 11 is 12.4. The molecule has 0 N–H and O–H groups in total. The quantitative estimate of drug-likeness (QED) is 0.0693. The molecular formula is C39H25Cl2N3O7. The van der Waals surface area contributed by atoms with Crippen molar-refractivity contribution in [3.8, 4) is 11.5 Å². The van der Waals surface area contributed by atoms with Gasteiger partial charge in [0.2, 0.25) is 0 Å². The van der Waals surface area contributed by atoms with Gasteiger partial charge in [-0.05, 0) is 76.9 Å². The van der Waals surface area contributed by atoms with Crippen LogP contribution in [0.15, 0.2) is 115 Å². The van der Waals surface area contributed by atoms with Crippen molar-refractivity contribution in [2.45, 2.75) is 11.8 Å². The molecule has 0 unspecified atom stereocenters. The third-order valence-corrected chi connectivity index (χ3v) is 10.6. The molecular weight excluding hydrogens is 693 g/mol. The summed E-state index contributed by atoms with van der Waals surface area (Å²) in [5.41, 5.74) is 4.03. The Morgan fingerprint density at radius 3 is 1.63 bits per heavy atom. The minimum Gasteiger partial charge on any atom is -0.457 e. The molecule has 1 aliphatic heterocycles. The summed E-state index contributed by atoms with van der Waals surface area (Å²) in [6.45, 7) is -0.631. The second-order valence-corrected chi connectivity index (χ2v) is 13.4. The number of hydrazine groups is 1. The van der Waals surface area contributed by atoms with Crippen molar-refractivity contribution >= 4 is 52.4 Å². The van der Waals surface area contributed by atoms with Gasteiger partial charge in [-0.25, -0.2) is 5.01 Å². The summed E-state index contributed by atoms with van der Waals surface area (Å²) in [6.07, 6.45) is 0. The molecule has 0 radical (unpaired) electrons. The van der Waals surface area contributed by atoms with E-state index in [1.54, 1.807) is 0 Å². The number of amides is 3. The molecule has 0 spiro atoms. The number of hydrogen-bond donors (Lipinski definition) is 0. The largest absolute Gasteiger partial charge is 0.457 e. The van der Waals surface area contributed by atoms with E-state index in [2.05, 4.69) is 0 Å². The minimum atomic E-state index is -0.776. The van der Waals surface area contributed by atoms with Crippen LogP contribution in [0, 0.1) is 22.0 Å². The second kappa shape index (κ2) is 12.5. The molecule has 3 aliphatic carbocycles. The monoisotopic (exact) mass is 717 g/mol. The van der Waals surface area contributed by atoms with Crippen LogP contribution in [0.4, 0.5) is 5.69 Å². The van der Waals surface area contributed by atoms with Crippen molar-refractivity contribution in [1.29, 1.82) is 0 Å². The van der Waals surface area contributed by atoms with Gasteiger partial charge in [-0.1, -0.05) is 71.7 Å². The maximum atomic E-state index is 14.6. The van der Waals surface area contributed by atoms with Gasteiger partial charge in [-0.15, -0.1) is 0 Å². The Morgan fingerprint density at radius 2 is 1.16 bits per heavy atom. The fraction of sp³-hybridized carbons (Fsp3) is 0.128. The van der Waals surface area contributed by atoms with Gasteiger partial charge >= 0.3 is 0 Å². The van der Waals surface area contributed by atoms with E-state index in [9.17, 15) is 29.3 Å². The molecule has 1 saturated heterocycles. The zero-order valence-electron chi connectivity index (χ0n) is 26.4. The Hall–Kier alpha value is -5.84. The lowest BCUT2D eigenvalue weighted by Crippen LogP contribution is -2.52. The summed E-state index contributed by atoms with van der Waals surface area (Å²) in [4.78, 5) is 67.7. The molecule has 4 aliphatic rings. The molecule has 12 heteroatoms. The van der Waals surface area contributed by atoms with Crippen molar-refractivity contribution < 1.29 is 28.8 Å². The van der Waals surface area contributed by atoms with Crippen LogP contribution in [-0.2, 0) is 9.59 Å². The van der Waals surface area contributed by atoms with E-state index >= 15 is 0 Å². The highest BCUT2D eigenvalue weighted by Crippen LogP contribution is 2.61. The Kier molecular flexibility index (Phi) is 7.93. The zero-order chi connectivity index (χ0) is 35.6. The summed E-state index contributed by atoms with van der Waals surface area (Å²) < 4.78 is 5.77. The van der Waals surface area contributed by atoms with Gasteiger partial charge in [0.25, 0.3) is 23.4 Å². The Bertz CT molecular complexity index is 2180. The van der Waals surface area contributed by atoms with E-state index in [1.165, 1.54) is 66.7 Å². The molecule has 252 valence electrons. The molecule has 5 aromatic rings. The molecule has 5 aromatic carbocycles. The Morgan fingerprint density at radius 1 is 0.686 bits per heavy atom. The lowest BCUT2D eigenvalue weighted by atomic mass is 9.55. The first kappa shape index (κ1) is 32.4. The highest BCUT2D eigenvalue weighted by atomic mass is 35.5. The lowest BCUT2D eigenvalue weighted by molar-refractivity contribution is -0.384. The standard InChI is InChI=1S/C39H25Cl2N3O7/c40-30-18-11-22(19-31(30)41)37(46)42(20-32(45)21-9-14-24(15-10-21)51-25-16-12-23(13-17-25)44(49)50)43-38(47)35-33-26-5-1-2-6-27(26)34(36(35)39(43)48)29-8-4-3-7-28(29)33/h1-19,33-36H,20H2/t33?,34?,35-,36+. The second-order valence-electron chi connectivity index (χ2n) is 12.5. The molecule has 1 fully saturated rings. The van der Waals surface area contributed by atoms with Crippen molar-refractivity contribution in [3.63, 3.8) is 0 Å². The molecule has 2 bridgehead atoms. The third kappa shape index (κ3) is 5.35. The van der Waals surface area contributed by atoms with Gasteiger partial charge in [0.1, 0.15) is 18.0 Å². The SMILES string of the molecule is O=C(CN(C(=O)c1ccc(Cl)c(Cl)c1)N1C(=O)[C@@H]2C3c4ccccc4C(c4ccccc43)[C@@H]2C1=O)c1ccc(Oc2ccc([N+](=O)[O-])cc2)cc1. The molecule has 51 heavy (non-hydrogen) atoms. The van der Waals surface area contributed by atoms with Gasteiger partial charge in [0.05, 0.1) is 26.8 Å². The molecule has 0 aromatic heterocycles. The summed E-state index contributed by atoms with van der Waals surface area (Å²) in [7, 11) is 0. The van der Waals surface area contributed by atoms with Crippen LogP contribution in [0.5, 0.6) is 11.5 Å². The number of benzene rings is 5. The molecule has 10 nitrogen and oxygen atoms in total. The zero-order valence-corrected chi connectivity index (χ0v) is 28.0. The maximum absolute atomic E-state index is 14.6. The van der Waals surface area contributed by atoms with Crippen molar-refractivity contribution in [1.82, 2.24) is 10.0 Å². The number of halogens is 2. The van der Waals surface area contributed by atoms with Crippen LogP contribution in [0.3, 0.4) is 0 Å². The average molecular weight is 719 g/mol. The minimum absolute atomic E-state index is 0.0362. The summed E-state index contributed by atoms with van der Waals surface area (Å²) in [5, 5.41) is 13.0. The number of nitro groups is 1. The highest BCUT2D eigenvalue weighted by Gasteiger charge is 2.63. The molecule has 9 rings (SSSR count). The van der Waals surface area contributed by atoms with E-state index in [0.717, 1.165) is 32.3 Å². The number of carbonyl (C=O) groups is 4. The number of nitrogens with zero attached hydrogens (tertiary/aromatic N) is 3. The topological polar surface area (TPSA) is 127 Å². The van der Waals surface area contributed by atoms with E-state index in [4.69, 9.17) is 27.9 Å². The number of non-ortho nitro benzene ring substituents is 1. The number of ether oxygens (including phenoxy) is 1. The molecule has 1 heterocycles.